The third kappa shape index (κ3) is 3.25. The second kappa shape index (κ2) is 7.39. The number of aromatic nitrogens is 2. The first-order chi connectivity index (χ1) is 14.6. The summed E-state index contributed by atoms with van der Waals surface area (Å²) in [6, 6.07) is 18.5. The van der Waals surface area contributed by atoms with Crippen molar-refractivity contribution < 1.29 is 9.90 Å². The highest BCUT2D eigenvalue weighted by molar-refractivity contribution is 6.06. The maximum Gasteiger partial charge on any atom is 0.254 e. The lowest BCUT2D eigenvalue weighted by Gasteiger charge is -2.17. The molecular weight excluding hydrogens is 378 g/mol. The van der Waals surface area contributed by atoms with Gasteiger partial charge >= 0.3 is 0 Å². The van der Waals surface area contributed by atoms with Crippen LogP contribution in [0.15, 0.2) is 71.7 Å². The Kier molecular flexibility index (Phi) is 4.56. The predicted molar refractivity (Wildman–Crippen MR) is 115 cm³/mol. The van der Waals surface area contributed by atoms with E-state index in [1.807, 2.05) is 48.5 Å². The minimum Gasteiger partial charge on any atom is -0.391 e. The molecule has 1 amide bonds. The van der Waals surface area contributed by atoms with Crippen LogP contribution in [0.4, 0.5) is 0 Å². The highest BCUT2D eigenvalue weighted by atomic mass is 16.3. The van der Waals surface area contributed by atoms with Gasteiger partial charge in [0.25, 0.3) is 5.91 Å². The van der Waals surface area contributed by atoms with E-state index in [1.165, 1.54) is 6.07 Å². The number of aromatic amines is 1. The molecule has 0 aliphatic carbocycles. The molecule has 1 aliphatic rings. The molecule has 2 aromatic heterocycles. The molecule has 6 nitrogen and oxygen atoms in total. The van der Waals surface area contributed by atoms with Gasteiger partial charge in [-0.3, -0.25) is 14.6 Å². The Morgan fingerprint density at radius 2 is 1.83 bits per heavy atom. The molecule has 30 heavy (non-hydrogen) atoms. The number of β-amino-alcohol motifs (C(OH)–C–C–N with tert-alkyl or cyclic N) is 1. The largest absolute Gasteiger partial charge is 0.391 e. The number of rotatable bonds is 3. The van der Waals surface area contributed by atoms with Gasteiger partial charge in [-0.1, -0.05) is 36.4 Å². The van der Waals surface area contributed by atoms with Crippen LogP contribution >= 0.6 is 0 Å². The molecule has 3 heterocycles. The summed E-state index contributed by atoms with van der Waals surface area (Å²) < 4.78 is 0. The van der Waals surface area contributed by atoms with E-state index >= 15 is 0 Å². The molecule has 0 radical (unpaired) electrons. The number of nitrogens with one attached hydrogen (secondary N) is 1. The standard InChI is InChI=1S/C24H21N3O3/c28-22-14-27(24(30)19-12-23(29)26-21-8-4-2-6-18(19)21)13-16(22)11-15-9-10-25-20-7-3-1-5-17(15)20/h1-10,12,16,22,28H,11,13-14H2,(H,26,29)/t16-,22-/m1/s1. The molecular formula is C24H21N3O3. The van der Waals surface area contributed by atoms with E-state index in [0.29, 0.717) is 29.4 Å². The number of aliphatic hydroxyl groups is 1. The molecule has 2 N–H and O–H groups in total. The number of pyridine rings is 2. The number of amides is 1. The third-order valence-electron chi connectivity index (χ3n) is 5.90. The van der Waals surface area contributed by atoms with Crippen LogP contribution in [0.2, 0.25) is 0 Å². The van der Waals surface area contributed by atoms with E-state index in [1.54, 1.807) is 17.2 Å². The summed E-state index contributed by atoms with van der Waals surface area (Å²) in [6.45, 7) is 0.700. The molecule has 150 valence electrons. The van der Waals surface area contributed by atoms with Crippen molar-refractivity contribution in [3.63, 3.8) is 0 Å². The Morgan fingerprint density at radius 3 is 2.70 bits per heavy atom. The number of benzene rings is 2. The number of fused-ring (bicyclic) bond motifs is 2. The minimum atomic E-state index is -0.617. The van der Waals surface area contributed by atoms with Crippen molar-refractivity contribution in [1.82, 2.24) is 14.9 Å². The average molecular weight is 399 g/mol. The van der Waals surface area contributed by atoms with Crippen LogP contribution in [0.25, 0.3) is 21.8 Å². The minimum absolute atomic E-state index is 0.0759. The fourth-order valence-corrected chi connectivity index (χ4v) is 4.39. The number of nitrogens with zero attached hydrogens (tertiary/aromatic N) is 2. The van der Waals surface area contributed by atoms with Gasteiger partial charge < -0.3 is 15.0 Å². The molecule has 1 aliphatic heterocycles. The zero-order chi connectivity index (χ0) is 20.7. The van der Waals surface area contributed by atoms with Crippen molar-refractivity contribution in [3.05, 3.63) is 88.3 Å². The van der Waals surface area contributed by atoms with Crippen LogP contribution < -0.4 is 5.56 Å². The Hall–Kier alpha value is -3.51. The molecule has 2 atom stereocenters. The first kappa shape index (κ1) is 18.5. The summed E-state index contributed by atoms with van der Waals surface area (Å²) in [4.78, 5) is 34.1. The Morgan fingerprint density at radius 1 is 1.07 bits per heavy atom. The second-order valence-electron chi connectivity index (χ2n) is 7.82. The van der Waals surface area contributed by atoms with E-state index in [9.17, 15) is 14.7 Å². The molecule has 0 spiro atoms. The van der Waals surface area contributed by atoms with Crippen LogP contribution in [0.5, 0.6) is 0 Å². The van der Waals surface area contributed by atoms with E-state index in [-0.39, 0.29) is 23.9 Å². The summed E-state index contributed by atoms with van der Waals surface area (Å²) in [5.74, 6) is -0.300. The monoisotopic (exact) mass is 399 g/mol. The third-order valence-corrected chi connectivity index (χ3v) is 5.90. The zero-order valence-electron chi connectivity index (χ0n) is 16.3. The Labute approximate surface area is 172 Å². The Balaban J connectivity index is 1.42. The Bertz CT molecular complexity index is 1310. The molecule has 5 rings (SSSR count). The first-order valence-electron chi connectivity index (χ1n) is 10.0. The maximum absolute atomic E-state index is 13.2. The van der Waals surface area contributed by atoms with E-state index in [2.05, 4.69) is 9.97 Å². The number of para-hydroxylation sites is 2. The number of carbonyl (C=O) groups is 1. The van der Waals surface area contributed by atoms with Gasteiger partial charge in [0.2, 0.25) is 5.56 Å². The summed E-state index contributed by atoms with van der Waals surface area (Å²) in [5.41, 5.74) is 2.73. The quantitative estimate of drug-likeness (QED) is 0.555. The lowest BCUT2D eigenvalue weighted by Crippen LogP contribution is -2.30. The van der Waals surface area contributed by atoms with Crippen molar-refractivity contribution >= 4 is 27.7 Å². The van der Waals surface area contributed by atoms with E-state index < -0.39 is 6.10 Å². The van der Waals surface area contributed by atoms with Crippen molar-refractivity contribution in [2.45, 2.75) is 12.5 Å². The van der Waals surface area contributed by atoms with Gasteiger partial charge in [0.1, 0.15) is 0 Å². The van der Waals surface area contributed by atoms with Gasteiger partial charge in [-0.15, -0.1) is 0 Å². The van der Waals surface area contributed by atoms with Gasteiger partial charge in [0.05, 0.1) is 17.2 Å². The number of H-pyrrole nitrogens is 1. The molecule has 6 heteroatoms. The average Bonchev–Trinajstić information content (AvgIpc) is 3.13. The molecule has 4 aromatic rings. The molecule has 1 fully saturated rings. The first-order valence-corrected chi connectivity index (χ1v) is 10.0. The van der Waals surface area contributed by atoms with Gasteiger partial charge in [-0.05, 0) is 30.2 Å². The van der Waals surface area contributed by atoms with Crippen LogP contribution in [0, 0.1) is 5.92 Å². The van der Waals surface area contributed by atoms with Crippen molar-refractivity contribution in [1.29, 1.82) is 0 Å². The van der Waals surface area contributed by atoms with Crippen molar-refractivity contribution in [3.8, 4) is 0 Å². The van der Waals surface area contributed by atoms with Crippen molar-refractivity contribution in [2.24, 2.45) is 5.92 Å². The van der Waals surface area contributed by atoms with Gasteiger partial charge in [0.15, 0.2) is 0 Å². The highest BCUT2D eigenvalue weighted by Crippen LogP contribution is 2.27. The van der Waals surface area contributed by atoms with Gasteiger partial charge in [-0.25, -0.2) is 0 Å². The highest BCUT2D eigenvalue weighted by Gasteiger charge is 2.35. The number of likely N-dealkylation sites (tertiary alicyclic amines) is 1. The SMILES string of the molecule is O=C(c1cc(=O)[nH]c2ccccc12)N1C[C@@H](Cc2ccnc3ccccc23)[C@H](O)C1. The maximum atomic E-state index is 13.2. The predicted octanol–water partition coefficient (Wildman–Crippen LogP) is 2.75. The molecule has 0 saturated carbocycles. The lowest BCUT2D eigenvalue weighted by atomic mass is 9.94. The van der Waals surface area contributed by atoms with E-state index in [4.69, 9.17) is 0 Å². The number of hydrogen-bond acceptors (Lipinski definition) is 4. The van der Waals surface area contributed by atoms with Gasteiger partial charge in [0, 0.05) is 47.6 Å². The van der Waals surface area contributed by atoms with Crippen LogP contribution in [0.3, 0.4) is 0 Å². The summed E-state index contributed by atoms with van der Waals surface area (Å²) >= 11 is 0. The summed E-state index contributed by atoms with van der Waals surface area (Å²) in [7, 11) is 0. The fraction of sp³-hybridized carbons (Fsp3) is 0.208. The van der Waals surface area contributed by atoms with Gasteiger partial charge in [-0.2, -0.15) is 0 Å². The fourth-order valence-electron chi connectivity index (χ4n) is 4.39. The number of hydrogen-bond donors (Lipinski definition) is 2. The smallest absolute Gasteiger partial charge is 0.254 e. The van der Waals surface area contributed by atoms with Crippen LogP contribution in [-0.4, -0.2) is 45.1 Å². The zero-order valence-corrected chi connectivity index (χ0v) is 16.3. The molecule has 1 saturated heterocycles. The molecule has 2 aromatic carbocycles. The summed E-state index contributed by atoms with van der Waals surface area (Å²) in [6.07, 6.45) is 1.82. The summed E-state index contributed by atoms with van der Waals surface area (Å²) in [5, 5.41) is 12.5. The normalized spacial score (nSPS) is 18.9. The molecule has 0 bridgehead atoms. The number of aliphatic hydroxyl groups excluding tert-OH is 1. The molecule has 0 unspecified atom stereocenters. The van der Waals surface area contributed by atoms with Crippen LogP contribution in [-0.2, 0) is 6.42 Å². The van der Waals surface area contributed by atoms with E-state index in [0.717, 1.165) is 16.5 Å². The van der Waals surface area contributed by atoms with Crippen molar-refractivity contribution in [2.75, 3.05) is 13.1 Å². The number of carbonyl (C=O) groups excluding carboxylic acids is 1. The van der Waals surface area contributed by atoms with Crippen LogP contribution in [0.1, 0.15) is 15.9 Å². The second-order valence-corrected chi connectivity index (χ2v) is 7.82. The lowest BCUT2D eigenvalue weighted by molar-refractivity contribution is 0.0766. The topological polar surface area (TPSA) is 86.3 Å².